The van der Waals surface area contributed by atoms with Gasteiger partial charge < -0.3 is 10.4 Å². The third-order valence-corrected chi connectivity index (χ3v) is 3.07. The summed E-state index contributed by atoms with van der Waals surface area (Å²) in [6.07, 6.45) is 6.80. The third kappa shape index (κ3) is 3.09. The molecule has 1 aliphatic carbocycles. The van der Waals surface area contributed by atoms with Gasteiger partial charge in [0.2, 0.25) is 0 Å². The Kier molecular flexibility index (Phi) is 3.79. The lowest BCUT2D eigenvalue weighted by Crippen LogP contribution is -2.21. The predicted octanol–water partition coefficient (Wildman–Crippen LogP) is 2.81. The van der Waals surface area contributed by atoms with Crippen molar-refractivity contribution in [1.29, 1.82) is 0 Å². The van der Waals surface area contributed by atoms with Crippen LogP contribution in [0.3, 0.4) is 0 Å². The fraction of sp³-hybridized carbons (Fsp3) is 0.308. The second kappa shape index (κ2) is 5.51. The van der Waals surface area contributed by atoms with Crippen molar-refractivity contribution in [2.24, 2.45) is 0 Å². The zero-order chi connectivity index (χ0) is 13.8. The summed E-state index contributed by atoms with van der Waals surface area (Å²) in [6, 6.07) is 4.07. The number of aromatic carboxylic acids is 1. The van der Waals surface area contributed by atoms with Crippen LogP contribution < -0.4 is 5.32 Å². The van der Waals surface area contributed by atoms with Crippen molar-refractivity contribution in [2.45, 2.75) is 25.3 Å². The lowest BCUT2D eigenvalue weighted by molar-refractivity contribution is -0.384. The van der Waals surface area contributed by atoms with Gasteiger partial charge in [-0.2, -0.15) is 0 Å². The molecule has 1 atom stereocenters. The molecule has 0 saturated heterocycles. The molecular formula is C13H14N2O4. The smallest absolute Gasteiger partial charge is 0.335 e. The third-order valence-electron chi connectivity index (χ3n) is 3.07. The van der Waals surface area contributed by atoms with Crippen LogP contribution in [0.25, 0.3) is 0 Å². The van der Waals surface area contributed by atoms with E-state index < -0.39 is 10.9 Å². The molecule has 0 spiro atoms. The van der Waals surface area contributed by atoms with E-state index in [9.17, 15) is 14.9 Å². The lowest BCUT2D eigenvalue weighted by atomic mass is 10.0. The first-order valence-electron chi connectivity index (χ1n) is 6.01. The standard InChI is InChI=1S/C13H14N2O4/c16-13(17)9-6-7-11(12(8-9)15(18)19)14-10-4-2-1-3-5-10/h1-2,6-8,10,14H,3-5H2,(H,16,17). The van der Waals surface area contributed by atoms with Gasteiger partial charge in [-0.05, 0) is 31.4 Å². The molecule has 0 fully saturated rings. The number of nitro benzene ring substituents is 1. The minimum atomic E-state index is -1.17. The Morgan fingerprint density at radius 1 is 1.42 bits per heavy atom. The Hall–Kier alpha value is -2.37. The molecule has 0 bridgehead atoms. The van der Waals surface area contributed by atoms with Crippen LogP contribution >= 0.6 is 0 Å². The van der Waals surface area contributed by atoms with Gasteiger partial charge in [-0.25, -0.2) is 4.79 Å². The molecule has 1 aromatic rings. The van der Waals surface area contributed by atoms with E-state index in [4.69, 9.17) is 5.11 Å². The van der Waals surface area contributed by atoms with E-state index in [0.29, 0.717) is 5.69 Å². The van der Waals surface area contributed by atoms with Gasteiger partial charge in [0, 0.05) is 12.1 Å². The maximum atomic E-state index is 11.0. The maximum absolute atomic E-state index is 11.0. The zero-order valence-corrected chi connectivity index (χ0v) is 10.2. The van der Waals surface area contributed by atoms with Crippen molar-refractivity contribution in [2.75, 3.05) is 5.32 Å². The minimum Gasteiger partial charge on any atom is -0.478 e. The van der Waals surface area contributed by atoms with E-state index in [2.05, 4.69) is 11.4 Å². The number of hydrogen-bond acceptors (Lipinski definition) is 4. The Morgan fingerprint density at radius 2 is 2.21 bits per heavy atom. The highest BCUT2D eigenvalue weighted by molar-refractivity contribution is 5.89. The Bertz CT molecular complexity index is 539. The summed E-state index contributed by atoms with van der Waals surface area (Å²) in [6.45, 7) is 0. The summed E-state index contributed by atoms with van der Waals surface area (Å²) in [4.78, 5) is 21.3. The van der Waals surface area contributed by atoms with Gasteiger partial charge in [-0.3, -0.25) is 10.1 Å². The van der Waals surface area contributed by atoms with E-state index in [-0.39, 0.29) is 17.3 Å². The number of anilines is 1. The number of nitrogens with one attached hydrogen (secondary N) is 1. The van der Waals surface area contributed by atoms with Gasteiger partial charge in [-0.1, -0.05) is 12.2 Å². The van der Waals surface area contributed by atoms with Gasteiger partial charge in [-0.15, -0.1) is 0 Å². The number of hydrogen-bond donors (Lipinski definition) is 2. The van der Waals surface area contributed by atoms with Crippen molar-refractivity contribution in [3.8, 4) is 0 Å². The van der Waals surface area contributed by atoms with Crippen molar-refractivity contribution in [3.63, 3.8) is 0 Å². The van der Waals surface area contributed by atoms with E-state index in [1.807, 2.05) is 6.08 Å². The number of carboxylic acid groups (broad SMARTS) is 1. The Balaban J connectivity index is 2.26. The van der Waals surface area contributed by atoms with E-state index in [0.717, 1.165) is 25.3 Å². The second-order valence-corrected chi connectivity index (χ2v) is 4.42. The van der Waals surface area contributed by atoms with Gasteiger partial charge in [0.1, 0.15) is 5.69 Å². The molecule has 2 N–H and O–H groups in total. The Morgan fingerprint density at radius 3 is 2.79 bits per heavy atom. The molecule has 6 heteroatoms. The highest BCUT2D eigenvalue weighted by atomic mass is 16.6. The number of benzene rings is 1. The molecule has 6 nitrogen and oxygen atoms in total. The van der Waals surface area contributed by atoms with E-state index in [1.54, 1.807) is 0 Å². The average molecular weight is 262 g/mol. The fourth-order valence-corrected chi connectivity index (χ4v) is 2.08. The highest BCUT2D eigenvalue weighted by Crippen LogP contribution is 2.28. The number of carboxylic acids is 1. The van der Waals surface area contributed by atoms with Crippen LogP contribution in [-0.4, -0.2) is 22.0 Å². The average Bonchev–Trinajstić information content (AvgIpc) is 2.39. The van der Waals surface area contributed by atoms with Crippen molar-refractivity contribution < 1.29 is 14.8 Å². The van der Waals surface area contributed by atoms with Crippen LogP contribution in [0.15, 0.2) is 30.4 Å². The number of rotatable bonds is 4. The summed E-state index contributed by atoms with van der Waals surface area (Å²) in [7, 11) is 0. The lowest BCUT2D eigenvalue weighted by Gasteiger charge is -2.20. The van der Waals surface area contributed by atoms with Gasteiger partial charge in [0.15, 0.2) is 0 Å². The van der Waals surface area contributed by atoms with Crippen LogP contribution in [0.1, 0.15) is 29.6 Å². The second-order valence-electron chi connectivity index (χ2n) is 4.42. The van der Waals surface area contributed by atoms with Gasteiger partial charge in [0.25, 0.3) is 5.69 Å². The summed E-state index contributed by atoms with van der Waals surface area (Å²) >= 11 is 0. The quantitative estimate of drug-likeness (QED) is 0.494. The molecule has 0 heterocycles. The number of carbonyl (C=O) groups is 1. The van der Waals surface area contributed by atoms with Crippen LogP contribution in [0.2, 0.25) is 0 Å². The molecule has 0 radical (unpaired) electrons. The minimum absolute atomic E-state index is 0.0826. The maximum Gasteiger partial charge on any atom is 0.335 e. The van der Waals surface area contributed by atoms with Crippen LogP contribution in [0, 0.1) is 10.1 Å². The summed E-state index contributed by atoms with van der Waals surface area (Å²) in [5, 5.41) is 23.0. The largest absolute Gasteiger partial charge is 0.478 e. The summed E-state index contributed by atoms with van der Waals surface area (Å²) in [5.74, 6) is -1.17. The fourth-order valence-electron chi connectivity index (χ4n) is 2.08. The normalized spacial score (nSPS) is 18.0. The van der Waals surface area contributed by atoms with Crippen molar-refractivity contribution in [3.05, 3.63) is 46.0 Å². The molecule has 100 valence electrons. The van der Waals surface area contributed by atoms with Crippen molar-refractivity contribution in [1.82, 2.24) is 0 Å². The first-order valence-corrected chi connectivity index (χ1v) is 6.01. The zero-order valence-electron chi connectivity index (χ0n) is 10.2. The SMILES string of the molecule is O=C(O)c1ccc(NC2CC=CCC2)c([N+](=O)[O-])c1. The monoisotopic (exact) mass is 262 g/mol. The van der Waals surface area contributed by atoms with Crippen LogP contribution in [-0.2, 0) is 0 Å². The first-order chi connectivity index (χ1) is 9.08. The van der Waals surface area contributed by atoms with Gasteiger partial charge in [0.05, 0.1) is 10.5 Å². The van der Waals surface area contributed by atoms with Gasteiger partial charge >= 0.3 is 5.97 Å². The molecule has 19 heavy (non-hydrogen) atoms. The first kappa shape index (κ1) is 13.1. The molecular weight excluding hydrogens is 248 g/mol. The molecule has 1 aromatic carbocycles. The predicted molar refractivity (Wildman–Crippen MR) is 70.5 cm³/mol. The Labute approximate surface area is 109 Å². The number of nitro groups is 1. The van der Waals surface area contributed by atoms with E-state index in [1.165, 1.54) is 12.1 Å². The topological polar surface area (TPSA) is 92.5 Å². The summed E-state index contributed by atoms with van der Waals surface area (Å²) in [5.41, 5.74) is 0.0885. The van der Waals surface area contributed by atoms with Crippen LogP contribution in [0.5, 0.6) is 0 Å². The molecule has 0 amide bonds. The summed E-state index contributed by atoms with van der Waals surface area (Å²) < 4.78 is 0. The molecule has 0 aliphatic heterocycles. The molecule has 2 rings (SSSR count). The molecule has 1 unspecified atom stereocenters. The van der Waals surface area contributed by atoms with E-state index >= 15 is 0 Å². The molecule has 1 aliphatic rings. The van der Waals surface area contributed by atoms with Crippen LogP contribution in [0.4, 0.5) is 11.4 Å². The highest BCUT2D eigenvalue weighted by Gasteiger charge is 2.19. The van der Waals surface area contributed by atoms with Crippen molar-refractivity contribution >= 4 is 17.3 Å². The molecule has 0 aromatic heterocycles. The number of allylic oxidation sites excluding steroid dienone is 1. The number of nitrogens with zero attached hydrogens (tertiary/aromatic N) is 1. The molecule has 0 saturated carbocycles.